The third-order valence-electron chi connectivity index (χ3n) is 4.91. The van der Waals surface area contributed by atoms with Crippen molar-refractivity contribution < 1.29 is 54.7 Å². The lowest BCUT2D eigenvalue weighted by atomic mass is 9.98. The van der Waals surface area contributed by atoms with Crippen molar-refractivity contribution in [2.45, 2.75) is 81.2 Å². The molecule has 2 saturated heterocycles. The molecule has 0 amide bonds. The van der Waals surface area contributed by atoms with E-state index in [4.69, 9.17) is 18.9 Å². The Kier molecular flexibility index (Phi) is 9.85. The first-order valence-corrected chi connectivity index (χ1v) is 9.70. The first kappa shape index (κ1) is 24.6. The summed E-state index contributed by atoms with van der Waals surface area (Å²) in [6, 6.07) is 0. The summed E-state index contributed by atoms with van der Waals surface area (Å²) in [5.74, 6) is 0. The van der Waals surface area contributed by atoms with E-state index < -0.39 is 68.0 Å². The molecule has 0 aromatic rings. The van der Waals surface area contributed by atoms with E-state index in [1.165, 1.54) is 0 Å². The number of aliphatic hydroxyl groups excluding tert-OH is 7. The fourth-order valence-electron chi connectivity index (χ4n) is 3.12. The maximum Gasteiger partial charge on any atom is 0.186 e. The van der Waals surface area contributed by atoms with Gasteiger partial charge in [0.2, 0.25) is 0 Å². The Labute approximate surface area is 168 Å². The van der Waals surface area contributed by atoms with E-state index in [-0.39, 0.29) is 13.2 Å². The lowest BCUT2D eigenvalue weighted by molar-refractivity contribution is -0.331. The van der Waals surface area contributed by atoms with Crippen molar-refractivity contribution in [3.63, 3.8) is 0 Å². The third-order valence-corrected chi connectivity index (χ3v) is 4.91. The Morgan fingerprint density at radius 3 is 1.86 bits per heavy atom. The molecular formula is C18H32O11. The molecular weight excluding hydrogens is 392 g/mol. The summed E-state index contributed by atoms with van der Waals surface area (Å²) in [5, 5.41) is 69.0. The highest BCUT2D eigenvalue weighted by atomic mass is 16.7. The molecule has 0 bridgehead atoms. The molecule has 11 heteroatoms. The van der Waals surface area contributed by atoms with Crippen LogP contribution in [0.25, 0.3) is 0 Å². The molecule has 2 rings (SSSR count). The normalized spacial score (nSPS) is 43.7. The van der Waals surface area contributed by atoms with Gasteiger partial charge in [0.25, 0.3) is 0 Å². The fourth-order valence-corrected chi connectivity index (χ4v) is 3.12. The van der Waals surface area contributed by atoms with Crippen LogP contribution in [0.15, 0.2) is 12.2 Å². The van der Waals surface area contributed by atoms with E-state index in [9.17, 15) is 35.7 Å². The van der Waals surface area contributed by atoms with Crippen molar-refractivity contribution in [3.8, 4) is 0 Å². The van der Waals surface area contributed by atoms with Gasteiger partial charge >= 0.3 is 0 Å². The topological polar surface area (TPSA) is 179 Å². The van der Waals surface area contributed by atoms with Crippen LogP contribution >= 0.6 is 0 Å². The molecule has 2 heterocycles. The summed E-state index contributed by atoms with van der Waals surface area (Å²) in [6.07, 6.45) is -8.84. The monoisotopic (exact) mass is 424 g/mol. The standard InChI is InChI=1S/C18H32O11/c1-2-3-4-5-6-26-17-15(24)14(23)12(21)10(29-17)8-27-18-16(25)13(22)11(20)9(7-19)28-18/h3-4,9-25H,2,5-8H2,1H3. The molecule has 10 atom stereocenters. The number of hydrogen-bond acceptors (Lipinski definition) is 11. The second kappa shape index (κ2) is 11.6. The molecule has 170 valence electrons. The zero-order chi connectivity index (χ0) is 21.6. The van der Waals surface area contributed by atoms with Crippen molar-refractivity contribution in [2.24, 2.45) is 0 Å². The van der Waals surface area contributed by atoms with Gasteiger partial charge in [-0.3, -0.25) is 0 Å². The van der Waals surface area contributed by atoms with Crippen molar-refractivity contribution >= 4 is 0 Å². The van der Waals surface area contributed by atoms with Gasteiger partial charge in [-0.2, -0.15) is 0 Å². The van der Waals surface area contributed by atoms with E-state index in [0.717, 1.165) is 6.42 Å². The number of ether oxygens (including phenoxy) is 4. The summed E-state index contributed by atoms with van der Waals surface area (Å²) in [7, 11) is 0. The van der Waals surface area contributed by atoms with Gasteiger partial charge in [0.15, 0.2) is 12.6 Å². The Balaban J connectivity index is 1.91. The zero-order valence-corrected chi connectivity index (χ0v) is 16.2. The highest BCUT2D eigenvalue weighted by Crippen LogP contribution is 2.26. The molecule has 10 unspecified atom stereocenters. The van der Waals surface area contributed by atoms with Gasteiger partial charge in [-0.1, -0.05) is 19.1 Å². The van der Waals surface area contributed by atoms with Gasteiger partial charge in [-0.15, -0.1) is 0 Å². The quantitative estimate of drug-likeness (QED) is 0.148. The van der Waals surface area contributed by atoms with Gasteiger partial charge in [-0.25, -0.2) is 0 Å². The van der Waals surface area contributed by atoms with E-state index in [1.54, 1.807) is 0 Å². The molecule has 0 aromatic heterocycles. The van der Waals surface area contributed by atoms with Crippen molar-refractivity contribution in [1.82, 2.24) is 0 Å². The minimum Gasteiger partial charge on any atom is -0.394 e. The predicted octanol–water partition coefficient (Wildman–Crippen LogP) is -3.02. The van der Waals surface area contributed by atoms with E-state index in [2.05, 4.69) is 0 Å². The molecule has 29 heavy (non-hydrogen) atoms. The van der Waals surface area contributed by atoms with E-state index >= 15 is 0 Å². The molecule has 11 nitrogen and oxygen atoms in total. The predicted molar refractivity (Wildman–Crippen MR) is 96.4 cm³/mol. The van der Waals surface area contributed by atoms with Gasteiger partial charge in [0.1, 0.15) is 48.8 Å². The number of aliphatic hydroxyl groups is 7. The number of allylic oxidation sites excluding steroid dienone is 1. The summed E-state index contributed by atoms with van der Waals surface area (Å²) in [5.41, 5.74) is 0. The third kappa shape index (κ3) is 6.15. The number of hydrogen-bond donors (Lipinski definition) is 7. The summed E-state index contributed by atoms with van der Waals surface area (Å²) in [4.78, 5) is 0. The van der Waals surface area contributed by atoms with Crippen LogP contribution in [0.2, 0.25) is 0 Å². The maximum atomic E-state index is 10.1. The Bertz CT molecular complexity index is 502. The molecule has 0 aromatic carbocycles. The SMILES string of the molecule is CCC=CCCOC1OC(COC2OC(CO)C(O)C(O)C2O)C(O)C(O)C1O. The van der Waals surface area contributed by atoms with Crippen LogP contribution < -0.4 is 0 Å². The lowest BCUT2D eigenvalue weighted by Crippen LogP contribution is -2.61. The second-order valence-electron chi connectivity index (χ2n) is 7.08. The van der Waals surface area contributed by atoms with Crippen LogP contribution in [-0.2, 0) is 18.9 Å². The van der Waals surface area contributed by atoms with Gasteiger partial charge in [0, 0.05) is 0 Å². The molecule has 0 radical (unpaired) electrons. The van der Waals surface area contributed by atoms with Crippen LogP contribution in [0.1, 0.15) is 19.8 Å². The Hall–Kier alpha value is -0.700. The van der Waals surface area contributed by atoms with Gasteiger partial charge < -0.3 is 54.7 Å². The molecule has 2 aliphatic heterocycles. The Morgan fingerprint density at radius 1 is 0.724 bits per heavy atom. The molecule has 2 aliphatic rings. The molecule has 7 N–H and O–H groups in total. The van der Waals surface area contributed by atoms with Crippen molar-refractivity contribution in [2.75, 3.05) is 19.8 Å². The average molecular weight is 424 g/mol. The second-order valence-corrected chi connectivity index (χ2v) is 7.08. The van der Waals surface area contributed by atoms with Crippen LogP contribution in [-0.4, -0.2) is 117 Å². The highest BCUT2D eigenvalue weighted by molar-refractivity contribution is 4.91. The minimum absolute atomic E-state index is 0.224. The van der Waals surface area contributed by atoms with Crippen LogP contribution in [0.5, 0.6) is 0 Å². The summed E-state index contributed by atoms with van der Waals surface area (Å²) in [6.45, 7) is 1.22. The molecule has 0 spiro atoms. The van der Waals surface area contributed by atoms with Crippen molar-refractivity contribution in [3.05, 3.63) is 12.2 Å². The van der Waals surface area contributed by atoms with Gasteiger partial charge in [0.05, 0.1) is 19.8 Å². The maximum absolute atomic E-state index is 10.1. The minimum atomic E-state index is -1.61. The summed E-state index contributed by atoms with van der Waals surface area (Å²) >= 11 is 0. The van der Waals surface area contributed by atoms with Crippen LogP contribution in [0.4, 0.5) is 0 Å². The Morgan fingerprint density at radius 2 is 1.28 bits per heavy atom. The van der Waals surface area contributed by atoms with Gasteiger partial charge in [-0.05, 0) is 12.8 Å². The average Bonchev–Trinajstić information content (AvgIpc) is 2.72. The smallest absolute Gasteiger partial charge is 0.186 e. The highest BCUT2D eigenvalue weighted by Gasteiger charge is 2.47. The molecule has 0 saturated carbocycles. The first-order valence-electron chi connectivity index (χ1n) is 9.70. The fraction of sp³-hybridized carbons (Fsp3) is 0.889. The van der Waals surface area contributed by atoms with E-state index in [0.29, 0.717) is 6.42 Å². The zero-order valence-electron chi connectivity index (χ0n) is 16.2. The van der Waals surface area contributed by atoms with E-state index in [1.807, 2.05) is 19.1 Å². The summed E-state index contributed by atoms with van der Waals surface area (Å²) < 4.78 is 21.5. The van der Waals surface area contributed by atoms with Crippen molar-refractivity contribution in [1.29, 1.82) is 0 Å². The molecule has 0 aliphatic carbocycles. The molecule has 2 fully saturated rings. The first-order chi connectivity index (χ1) is 13.8. The number of rotatable bonds is 9. The largest absolute Gasteiger partial charge is 0.394 e. The van der Waals surface area contributed by atoms with Crippen LogP contribution in [0, 0.1) is 0 Å². The lowest BCUT2D eigenvalue weighted by Gasteiger charge is -2.42. The van der Waals surface area contributed by atoms with Crippen LogP contribution in [0.3, 0.4) is 0 Å².